The summed E-state index contributed by atoms with van der Waals surface area (Å²) in [6.45, 7) is 0.593. The first-order chi connectivity index (χ1) is 11.2. The van der Waals surface area contributed by atoms with Gasteiger partial charge in [0.05, 0.1) is 19.1 Å². The number of carboxylic acid groups (broad SMARTS) is 1. The summed E-state index contributed by atoms with van der Waals surface area (Å²) in [6.07, 6.45) is 7.38. The van der Waals surface area contributed by atoms with Crippen LogP contribution in [-0.2, 0) is 22.6 Å². The van der Waals surface area contributed by atoms with Crippen molar-refractivity contribution in [2.75, 3.05) is 0 Å². The third-order valence-electron chi connectivity index (χ3n) is 5.12. The van der Waals surface area contributed by atoms with Gasteiger partial charge >= 0.3 is 5.97 Å². The van der Waals surface area contributed by atoms with Crippen molar-refractivity contribution in [3.05, 3.63) is 59.7 Å². The van der Waals surface area contributed by atoms with E-state index in [0.29, 0.717) is 24.5 Å². The number of allylic oxidation sites excluding steroid dienone is 1. The van der Waals surface area contributed by atoms with E-state index in [4.69, 9.17) is 9.84 Å². The molecule has 1 fully saturated rings. The minimum absolute atomic E-state index is 0.0544. The van der Waals surface area contributed by atoms with Gasteiger partial charge in [-0.2, -0.15) is 0 Å². The van der Waals surface area contributed by atoms with Gasteiger partial charge < -0.3 is 9.84 Å². The number of carbonyl (C=O) groups is 1. The number of rotatable bonds is 5. The summed E-state index contributed by atoms with van der Waals surface area (Å²) in [5.41, 5.74) is 2.00. The second-order valence-electron chi connectivity index (χ2n) is 6.63. The van der Waals surface area contributed by atoms with Crippen LogP contribution in [-0.4, -0.2) is 17.2 Å². The van der Waals surface area contributed by atoms with Crippen molar-refractivity contribution in [2.45, 2.75) is 32.0 Å². The zero-order chi connectivity index (χ0) is 15.8. The molecular formula is C20H20O3. The molecule has 2 bridgehead atoms. The Balaban J connectivity index is 1.58. The standard InChI is InChI=1S/C20H20O3/c21-20(22)11-14-7-8-16(18-4-2-1-3-17(14)18)12-23-19-10-13-5-6-15(19)9-13/h1-8,13,15,19H,9-12H2,(H,21,22). The highest BCUT2D eigenvalue weighted by Crippen LogP contribution is 2.41. The van der Waals surface area contributed by atoms with Crippen LogP contribution in [0.1, 0.15) is 24.0 Å². The highest BCUT2D eigenvalue weighted by Gasteiger charge is 2.36. The predicted octanol–water partition coefficient (Wildman–Crippen LogP) is 3.95. The number of carboxylic acids is 1. The van der Waals surface area contributed by atoms with Crippen LogP contribution in [0.3, 0.4) is 0 Å². The van der Waals surface area contributed by atoms with Crippen LogP contribution in [0.5, 0.6) is 0 Å². The van der Waals surface area contributed by atoms with E-state index in [0.717, 1.165) is 28.3 Å². The lowest BCUT2D eigenvalue weighted by Gasteiger charge is -2.20. The fourth-order valence-corrected chi connectivity index (χ4v) is 3.99. The van der Waals surface area contributed by atoms with E-state index in [1.54, 1.807) is 0 Å². The van der Waals surface area contributed by atoms with Crippen molar-refractivity contribution in [1.29, 1.82) is 0 Å². The van der Waals surface area contributed by atoms with Gasteiger partial charge in [0.1, 0.15) is 0 Å². The lowest BCUT2D eigenvalue weighted by molar-refractivity contribution is -0.136. The molecule has 0 spiro atoms. The first kappa shape index (κ1) is 14.5. The molecule has 1 saturated carbocycles. The summed E-state index contributed by atoms with van der Waals surface area (Å²) < 4.78 is 6.18. The molecule has 3 heteroatoms. The van der Waals surface area contributed by atoms with Crippen molar-refractivity contribution in [3.8, 4) is 0 Å². The Bertz CT molecular complexity index is 778. The molecule has 0 amide bonds. The van der Waals surface area contributed by atoms with Crippen molar-refractivity contribution < 1.29 is 14.6 Å². The Labute approximate surface area is 135 Å². The molecule has 118 valence electrons. The smallest absolute Gasteiger partial charge is 0.307 e. The fourth-order valence-electron chi connectivity index (χ4n) is 3.99. The first-order valence-corrected chi connectivity index (χ1v) is 8.22. The topological polar surface area (TPSA) is 46.5 Å². The van der Waals surface area contributed by atoms with E-state index >= 15 is 0 Å². The molecule has 2 aromatic carbocycles. The van der Waals surface area contributed by atoms with Crippen molar-refractivity contribution in [2.24, 2.45) is 11.8 Å². The van der Waals surface area contributed by atoms with E-state index in [-0.39, 0.29) is 6.42 Å². The number of hydrogen-bond acceptors (Lipinski definition) is 2. The summed E-state index contributed by atoms with van der Waals surface area (Å²) in [7, 11) is 0. The lowest BCUT2D eigenvalue weighted by Crippen LogP contribution is -2.17. The van der Waals surface area contributed by atoms with Gasteiger partial charge in [0.25, 0.3) is 0 Å². The molecule has 2 aliphatic carbocycles. The van der Waals surface area contributed by atoms with Crippen molar-refractivity contribution >= 4 is 16.7 Å². The predicted molar refractivity (Wildman–Crippen MR) is 89.2 cm³/mol. The number of hydrogen-bond donors (Lipinski definition) is 1. The molecular weight excluding hydrogens is 288 g/mol. The molecule has 3 nitrogen and oxygen atoms in total. The van der Waals surface area contributed by atoms with Gasteiger partial charge in [-0.15, -0.1) is 0 Å². The minimum atomic E-state index is -0.798. The fraction of sp³-hybridized carbons (Fsp3) is 0.350. The van der Waals surface area contributed by atoms with Gasteiger partial charge in [0.2, 0.25) is 0 Å². The molecule has 2 aliphatic rings. The average Bonchev–Trinajstić information content (AvgIpc) is 3.16. The number of fused-ring (bicyclic) bond motifs is 3. The highest BCUT2D eigenvalue weighted by molar-refractivity contribution is 5.91. The van der Waals surface area contributed by atoms with Gasteiger partial charge in [-0.25, -0.2) is 0 Å². The molecule has 2 aromatic rings. The molecule has 0 heterocycles. The number of aliphatic carboxylic acids is 1. The molecule has 0 aliphatic heterocycles. The summed E-state index contributed by atoms with van der Waals surface area (Å²) in [5, 5.41) is 11.2. The molecule has 3 atom stereocenters. The van der Waals surface area contributed by atoms with Crippen molar-refractivity contribution in [3.63, 3.8) is 0 Å². The Morgan fingerprint density at radius 1 is 1.04 bits per heavy atom. The second-order valence-corrected chi connectivity index (χ2v) is 6.63. The molecule has 1 N–H and O–H groups in total. The molecule has 0 saturated heterocycles. The maximum atomic E-state index is 11.0. The Kier molecular flexibility index (Phi) is 3.66. The Hall–Kier alpha value is -2.13. The van der Waals surface area contributed by atoms with Gasteiger partial charge in [-0.3, -0.25) is 4.79 Å². The third kappa shape index (κ3) is 2.77. The van der Waals surface area contributed by atoms with Gasteiger partial charge in [-0.1, -0.05) is 48.6 Å². The highest BCUT2D eigenvalue weighted by atomic mass is 16.5. The maximum absolute atomic E-state index is 11.0. The SMILES string of the molecule is O=C(O)Cc1ccc(COC2CC3C=CC2C3)c2ccccc12. The number of benzene rings is 2. The second kappa shape index (κ2) is 5.82. The van der Waals surface area contributed by atoms with Gasteiger partial charge in [-0.05, 0) is 40.7 Å². The van der Waals surface area contributed by atoms with Crippen LogP contribution in [0, 0.1) is 11.8 Å². The van der Waals surface area contributed by atoms with E-state index in [1.807, 2.05) is 30.3 Å². The summed E-state index contributed by atoms with van der Waals surface area (Å²) in [4.78, 5) is 11.0. The maximum Gasteiger partial charge on any atom is 0.307 e. The van der Waals surface area contributed by atoms with E-state index in [2.05, 4.69) is 18.2 Å². The van der Waals surface area contributed by atoms with Crippen LogP contribution in [0.4, 0.5) is 0 Å². The normalized spacial score (nSPS) is 25.3. The largest absolute Gasteiger partial charge is 0.481 e. The summed E-state index contributed by atoms with van der Waals surface area (Å²) >= 11 is 0. The van der Waals surface area contributed by atoms with E-state index < -0.39 is 5.97 Å². The molecule has 0 aromatic heterocycles. The molecule has 4 rings (SSSR count). The van der Waals surface area contributed by atoms with Gasteiger partial charge in [0, 0.05) is 5.92 Å². The quantitative estimate of drug-likeness (QED) is 0.851. The van der Waals surface area contributed by atoms with Crippen LogP contribution in [0.2, 0.25) is 0 Å². The van der Waals surface area contributed by atoms with E-state index in [9.17, 15) is 4.79 Å². The monoisotopic (exact) mass is 308 g/mol. The van der Waals surface area contributed by atoms with Gasteiger partial charge in [0.15, 0.2) is 0 Å². The summed E-state index contributed by atoms with van der Waals surface area (Å²) in [5.74, 6) is 0.491. The van der Waals surface area contributed by atoms with E-state index in [1.165, 1.54) is 6.42 Å². The zero-order valence-electron chi connectivity index (χ0n) is 12.9. The molecule has 3 unspecified atom stereocenters. The Morgan fingerprint density at radius 3 is 2.43 bits per heavy atom. The van der Waals surface area contributed by atoms with Crippen LogP contribution < -0.4 is 0 Å². The summed E-state index contributed by atoms with van der Waals surface area (Å²) in [6, 6.07) is 12.0. The van der Waals surface area contributed by atoms with Crippen LogP contribution >= 0.6 is 0 Å². The van der Waals surface area contributed by atoms with Crippen molar-refractivity contribution in [1.82, 2.24) is 0 Å². The van der Waals surface area contributed by atoms with Crippen LogP contribution in [0.15, 0.2) is 48.6 Å². The minimum Gasteiger partial charge on any atom is -0.481 e. The third-order valence-corrected chi connectivity index (χ3v) is 5.12. The lowest BCUT2D eigenvalue weighted by atomic mass is 9.98. The number of ether oxygens (including phenoxy) is 1. The Morgan fingerprint density at radius 2 is 1.78 bits per heavy atom. The zero-order valence-corrected chi connectivity index (χ0v) is 12.9. The molecule has 23 heavy (non-hydrogen) atoms. The first-order valence-electron chi connectivity index (χ1n) is 8.22. The average molecular weight is 308 g/mol. The molecule has 0 radical (unpaired) electrons. The van der Waals surface area contributed by atoms with Crippen LogP contribution in [0.25, 0.3) is 10.8 Å².